The summed E-state index contributed by atoms with van der Waals surface area (Å²) in [4.78, 5) is 29.6. The van der Waals surface area contributed by atoms with Gasteiger partial charge in [-0.05, 0) is 60.7 Å². The predicted molar refractivity (Wildman–Crippen MR) is 139 cm³/mol. The zero-order valence-corrected chi connectivity index (χ0v) is 20.9. The summed E-state index contributed by atoms with van der Waals surface area (Å²) in [5.74, 6) is 0.639. The Morgan fingerprint density at radius 1 is 0.857 bits per heavy atom. The molecule has 1 N–H and O–H groups in total. The summed E-state index contributed by atoms with van der Waals surface area (Å²) < 4.78 is 10.4. The maximum atomic E-state index is 12.8. The number of carbonyl (C=O) groups is 2. The first kappa shape index (κ1) is 24.7. The molecule has 182 valence electrons. The average Bonchev–Trinajstić information content (AvgIpc) is 2.88. The van der Waals surface area contributed by atoms with Gasteiger partial charge in [0.05, 0.1) is 24.8 Å². The van der Waals surface area contributed by atoms with Gasteiger partial charge in [0.1, 0.15) is 11.5 Å². The van der Waals surface area contributed by atoms with Crippen molar-refractivity contribution >= 4 is 46.4 Å². The van der Waals surface area contributed by atoms with Crippen molar-refractivity contribution in [1.82, 2.24) is 4.90 Å². The molecule has 1 heterocycles. The van der Waals surface area contributed by atoms with E-state index in [9.17, 15) is 9.59 Å². The van der Waals surface area contributed by atoms with Crippen molar-refractivity contribution in [1.29, 1.82) is 0 Å². The average molecular weight is 514 g/mol. The molecule has 0 bridgehead atoms. The summed E-state index contributed by atoms with van der Waals surface area (Å²) in [5, 5.41) is 3.47. The molecule has 0 radical (unpaired) electrons. The lowest BCUT2D eigenvalue weighted by Crippen LogP contribution is -2.48. The van der Waals surface area contributed by atoms with E-state index in [1.54, 1.807) is 31.4 Å². The first-order chi connectivity index (χ1) is 16.9. The van der Waals surface area contributed by atoms with E-state index in [1.165, 1.54) is 19.2 Å². The Hall–Kier alpha value is -3.42. The number of amides is 2. The van der Waals surface area contributed by atoms with Crippen molar-refractivity contribution in [3.05, 3.63) is 81.8 Å². The third-order valence-corrected chi connectivity index (χ3v) is 6.35. The molecule has 3 aromatic carbocycles. The highest BCUT2D eigenvalue weighted by Gasteiger charge is 2.23. The SMILES string of the molecule is COc1ccc(C(=O)N2CCN(c3ccc(NC(=O)c4cc(Cl)cc(Cl)c4OC)cc3)CC2)cc1. The Bertz CT molecular complexity index is 1210. The van der Waals surface area contributed by atoms with Crippen molar-refractivity contribution in [2.75, 3.05) is 50.6 Å². The van der Waals surface area contributed by atoms with Gasteiger partial charge in [-0.2, -0.15) is 0 Å². The maximum Gasteiger partial charge on any atom is 0.259 e. The lowest BCUT2D eigenvalue weighted by molar-refractivity contribution is 0.0746. The largest absolute Gasteiger partial charge is 0.497 e. The molecule has 1 fully saturated rings. The number of carbonyl (C=O) groups excluding carboxylic acids is 2. The number of nitrogens with one attached hydrogen (secondary N) is 1. The van der Waals surface area contributed by atoms with E-state index in [1.807, 2.05) is 29.2 Å². The van der Waals surface area contributed by atoms with Gasteiger partial charge in [-0.25, -0.2) is 0 Å². The zero-order chi connectivity index (χ0) is 24.9. The molecule has 9 heteroatoms. The van der Waals surface area contributed by atoms with Gasteiger partial charge in [0.15, 0.2) is 0 Å². The van der Waals surface area contributed by atoms with Crippen LogP contribution in [0.2, 0.25) is 10.0 Å². The number of rotatable bonds is 6. The minimum Gasteiger partial charge on any atom is -0.497 e. The summed E-state index contributed by atoms with van der Waals surface area (Å²) in [6.45, 7) is 2.68. The van der Waals surface area contributed by atoms with Crippen LogP contribution in [0.25, 0.3) is 0 Å². The van der Waals surface area contributed by atoms with Gasteiger partial charge in [0.2, 0.25) is 0 Å². The molecule has 35 heavy (non-hydrogen) atoms. The number of nitrogens with zero attached hydrogens (tertiary/aromatic N) is 2. The molecule has 0 saturated carbocycles. The third-order valence-electron chi connectivity index (χ3n) is 5.85. The standard InChI is InChI=1S/C26H25Cl2N3O4/c1-34-21-9-3-17(4-10-21)26(33)31-13-11-30(12-14-31)20-7-5-19(6-8-20)29-25(32)22-15-18(27)16-23(28)24(22)35-2/h3-10,15-16H,11-14H2,1-2H3,(H,29,32). The van der Waals surface area contributed by atoms with E-state index >= 15 is 0 Å². The molecule has 0 unspecified atom stereocenters. The normalized spacial score (nSPS) is 13.4. The van der Waals surface area contributed by atoms with Crippen LogP contribution < -0.4 is 19.7 Å². The van der Waals surface area contributed by atoms with Crippen LogP contribution in [0, 0.1) is 0 Å². The van der Waals surface area contributed by atoms with E-state index in [0.29, 0.717) is 42.5 Å². The molecule has 0 atom stereocenters. The van der Waals surface area contributed by atoms with Gasteiger partial charge in [-0.3, -0.25) is 9.59 Å². The van der Waals surface area contributed by atoms with Crippen LogP contribution in [0.4, 0.5) is 11.4 Å². The van der Waals surface area contributed by atoms with Crippen molar-refractivity contribution in [3.63, 3.8) is 0 Å². The summed E-state index contributed by atoms with van der Waals surface area (Å²) in [6.07, 6.45) is 0. The van der Waals surface area contributed by atoms with Crippen molar-refractivity contribution in [3.8, 4) is 11.5 Å². The highest BCUT2D eigenvalue weighted by molar-refractivity contribution is 6.36. The van der Waals surface area contributed by atoms with Gasteiger partial charge in [-0.1, -0.05) is 23.2 Å². The first-order valence-corrected chi connectivity index (χ1v) is 11.8. The Morgan fingerprint density at radius 3 is 2.11 bits per heavy atom. The number of hydrogen-bond donors (Lipinski definition) is 1. The highest BCUT2D eigenvalue weighted by atomic mass is 35.5. The lowest BCUT2D eigenvalue weighted by atomic mass is 10.1. The number of anilines is 2. The number of ether oxygens (including phenoxy) is 2. The Balaban J connectivity index is 1.36. The second kappa shape index (κ2) is 10.9. The van der Waals surface area contributed by atoms with Crippen molar-refractivity contribution in [2.24, 2.45) is 0 Å². The number of methoxy groups -OCH3 is 2. The molecular formula is C26H25Cl2N3O4. The quantitative estimate of drug-likeness (QED) is 0.488. The lowest BCUT2D eigenvalue weighted by Gasteiger charge is -2.36. The van der Waals surface area contributed by atoms with Crippen molar-refractivity contribution < 1.29 is 19.1 Å². The molecule has 4 rings (SSSR count). The van der Waals surface area contributed by atoms with E-state index < -0.39 is 0 Å². The minimum atomic E-state index is -0.371. The molecule has 0 spiro atoms. The van der Waals surface area contributed by atoms with Gasteiger partial charge in [0.25, 0.3) is 11.8 Å². The topological polar surface area (TPSA) is 71.1 Å². The Labute approximate surface area is 214 Å². The van der Waals surface area contributed by atoms with E-state index in [0.717, 1.165) is 11.4 Å². The van der Waals surface area contributed by atoms with Gasteiger partial charge in [0, 0.05) is 48.1 Å². The highest BCUT2D eigenvalue weighted by Crippen LogP contribution is 2.33. The third kappa shape index (κ3) is 5.63. The van der Waals surface area contributed by atoms with Gasteiger partial charge in [-0.15, -0.1) is 0 Å². The Morgan fingerprint density at radius 2 is 1.51 bits per heavy atom. The van der Waals surface area contributed by atoms with E-state index in [2.05, 4.69) is 10.2 Å². The van der Waals surface area contributed by atoms with Crippen LogP contribution in [-0.4, -0.2) is 57.1 Å². The molecule has 2 amide bonds. The number of piperazine rings is 1. The fourth-order valence-corrected chi connectivity index (χ4v) is 4.54. The van der Waals surface area contributed by atoms with Crippen LogP contribution in [0.1, 0.15) is 20.7 Å². The summed E-state index contributed by atoms with van der Waals surface area (Å²) >= 11 is 12.2. The Kier molecular flexibility index (Phi) is 7.68. The minimum absolute atomic E-state index is 0.0157. The molecule has 7 nitrogen and oxygen atoms in total. The van der Waals surface area contributed by atoms with Gasteiger partial charge < -0.3 is 24.6 Å². The fourth-order valence-electron chi connectivity index (χ4n) is 3.97. The van der Waals surface area contributed by atoms with Crippen LogP contribution in [0.5, 0.6) is 11.5 Å². The van der Waals surface area contributed by atoms with E-state index in [4.69, 9.17) is 32.7 Å². The first-order valence-electron chi connectivity index (χ1n) is 11.0. The molecule has 0 aromatic heterocycles. The van der Waals surface area contributed by atoms with E-state index in [-0.39, 0.29) is 28.1 Å². The predicted octanol–water partition coefficient (Wildman–Crippen LogP) is 5.23. The monoisotopic (exact) mass is 513 g/mol. The number of halogens is 2. The van der Waals surface area contributed by atoms with Crippen LogP contribution in [0.3, 0.4) is 0 Å². The molecule has 0 aliphatic carbocycles. The van der Waals surface area contributed by atoms with Gasteiger partial charge >= 0.3 is 0 Å². The molecule has 3 aromatic rings. The van der Waals surface area contributed by atoms with Crippen LogP contribution >= 0.6 is 23.2 Å². The summed E-state index contributed by atoms with van der Waals surface area (Å²) in [5.41, 5.74) is 2.55. The smallest absolute Gasteiger partial charge is 0.259 e. The summed E-state index contributed by atoms with van der Waals surface area (Å²) in [6, 6.07) is 17.8. The second-order valence-electron chi connectivity index (χ2n) is 7.98. The summed E-state index contributed by atoms with van der Waals surface area (Å²) in [7, 11) is 3.05. The molecule has 1 aliphatic heterocycles. The zero-order valence-electron chi connectivity index (χ0n) is 19.4. The molecular weight excluding hydrogens is 489 g/mol. The fraction of sp³-hybridized carbons (Fsp3) is 0.231. The number of hydrogen-bond acceptors (Lipinski definition) is 5. The van der Waals surface area contributed by atoms with Crippen LogP contribution in [-0.2, 0) is 0 Å². The second-order valence-corrected chi connectivity index (χ2v) is 8.82. The molecule has 1 saturated heterocycles. The van der Waals surface area contributed by atoms with Crippen LogP contribution in [0.15, 0.2) is 60.7 Å². The maximum absolute atomic E-state index is 12.8. The molecule has 1 aliphatic rings. The number of benzene rings is 3. The van der Waals surface area contributed by atoms with Crippen molar-refractivity contribution in [2.45, 2.75) is 0 Å².